The molecular formula is C67H112N4O47. The Kier molecular flexibility index (Phi) is 35.2. The largest absolute Gasteiger partial charge is 0.410 e. The Balaban J connectivity index is 1.03. The SMILES string of the molecule is CC(=O)NC1C(O)[C@H](O[C@@H]2OC(CO)[C@H](O)[C@H](O[C@]3(OC=O)C[C@H](O)[C@@H](C)C([C@H](O)[C@@H](O)CO)O3)C2O)[C@@H](CO)O[C@@H]1OC1[C@H](OCC2O[C@@H](O[C@H]3C(CO)O[C@@H](O[C@H]4C(CO)O[C@@H](C)C(NC(C)=O)[C@H]4O)C(NC(C)=O)[C@H]3O)C(O)[C@@H](O[C@@H]3O[C@H](CO)[C@H](O)C(O)C3O[C@@H]3OC(CO)[C@H](O)[C@H](O)C3NC(C)=O)[C@H]2O)OC(CO)[C@H](O)[C@@H]1O. The van der Waals surface area contributed by atoms with E-state index < -0.39 is 371 Å². The molecule has 9 saturated heterocycles. The van der Waals surface area contributed by atoms with Crippen molar-refractivity contribution in [2.24, 2.45) is 5.92 Å². The third-order valence-corrected chi connectivity index (χ3v) is 21.9. The van der Waals surface area contributed by atoms with E-state index in [1.165, 1.54) is 13.8 Å². The fraction of sp³-hybridized carbons (Fsp3) is 0.925. The summed E-state index contributed by atoms with van der Waals surface area (Å²) in [7, 11) is 0. The summed E-state index contributed by atoms with van der Waals surface area (Å²) < 4.78 is 107. The van der Waals surface area contributed by atoms with Crippen LogP contribution in [0.2, 0.25) is 0 Å². The van der Waals surface area contributed by atoms with Crippen LogP contribution in [0.3, 0.4) is 0 Å². The summed E-state index contributed by atoms with van der Waals surface area (Å²) in [4.78, 5) is 63.0. The van der Waals surface area contributed by atoms with Gasteiger partial charge in [-0.15, -0.1) is 0 Å². The van der Waals surface area contributed by atoms with Crippen molar-refractivity contribution in [1.82, 2.24) is 21.3 Å². The van der Waals surface area contributed by atoms with Crippen LogP contribution in [0.25, 0.3) is 0 Å². The minimum absolute atomic E-state index is 0.244. The van der Waals surface area contributed by atoms with Crippen LogP contribution in [-0.2, 0) is 109 Å². The number of rotatable bonds is 33. The van der Waals surface area contributed by atoms with Gasteiger partial charge in [-0.1, -0.05) is 6.92 Å². The van der Waals surface area contributed by atoms with Gasteiger partial charge in [-0.3, -0.25) is 24.0 Å². The molecule has 9 rings (SSSR count). The van der Waals surface area contributed by atoms with Crippen LogP contribution in [0.1, 0.15) is 48.0 Å². The Morgan fingerprint density at radius 2 is 0.720 bits per heavy atom. The van der Waals surface area contributed by atoms with Crippen LogP contribution >= 0.6 is 0 Å². The number of carbonyl (C=O) groups excluding carboxylic acids is 5. The highest BCUT2D eigenvalue weighted by molar-refractivity contribution is 5.74. The fourth-order valence-electron chi connectivity index (χ4n) is 15.5. The monoisotopic (exact) mass is 1720 g/mol. The summed E-state index contributed by atoms with van der Waals surface area (Å²) in [5.41, 5.74) is 0. The Labute approximate surface area is 670 Å². The maximum absolute atomic E-state index is 13.1. The first-order valence-electron chi connectivity index (χ1n) is 37.9. The summed E-state index contributed by atoms with van der Waals surface area (Å²) in [6.45, 7) is -3.32. The molecule has 0 aromatic rings. The Morgan fingerprint density at radius 3 is 1.17 bits per heavy atom. The minimum Gasteiger partial charge on any atom is -0.410 e. The lowest BCUT2D eigenvalue weighted by Gasteiger charge is -2.51. The zero-order chi connectivity index (χ0) is 87.1. The lowest BCUT2D eigenvalue weighted by Crippen LogP contribution is -2.70. The van der Waals surface area contributed by atoms with Gasteiger partial charge in [-0.25, -0.2) is 0 Å². The van der Waals surface area contributed by atoms with Crippen molar-refractivity contribution in [2.75, 3.05) is 59.5 Å². The molecule has 118 heavy (non-hydrogen) atoms. The zero-order valence-corrected chi connectivity index (χ0v) is 64.3. The molecular weight excluding hydrogens is 1610 g/mol. The molecule has 682 valence electrons. The van der Waals surface area contributed by atoms with Crippen molar-refractivity contribution >= 4 is 30.1 Å². The predicted octanol–water partition coefficient (Wildman–Crippen LogP) is -18.5. The second-order valence-electron chi connectivity index (χ2n) is 30.1. The van der Waals surface area contributed by atoms with E-state index >= 15 is 0 Å². The average molecular weight is 1730 g/mol. The number of hydrogen-bond donors (Lipinski definition) is 28. The molecule has 9 aliphatic rings. The molecule has 4 amide bonds. The fourth-order valence-corrected chi connectivity index (χ4v) is 15.5. The molecule has 0 aliphatic carbocycles. The first-order chi connectivity index (χ1) is 55.8. The first kappa shape index (κ1) is 97.5. The number of ether oxygens (including phenoxy) is 18. The number of nitrogens with one attached hydrogen (secondary N) is 4. The molecule has 46 atom stereocenters. The predicted molar refractivity (Wildman–Crippen MR) is 367 cm³/mol. The highest BCUT2D eigenvalue weighted by Crippen LogP contribution is 2.43. The van der Waals surface area contributed by atoms with Gasteiger partial charge < -0.3 is 229 Å². The topological polar surface area (TPSA) is 785 Å². The Bertz CT molecular complexity index is 3180. The molecule has 0 spiro atoms. The molecule has 0 bridgehead atoms. The van der Waals surface area contributed by atoms with Crippen molar-refractivity contribution in [3.63, 3.8) is 0 Å². The molecule has 17 unspecified atom stereocenters. The lowest BCUT2D eigenvalue weighted by molar-refractivity contribution is -0.448. The number of aliphatic hydroxyl groups excluding tert-OH is 24. The molecule has 0 radical (unpaired) electrons. The highest BCUT2D eigenvalue weighted by atomic mass is 16.9. The summed E-state index contributed by atoms with van der Waals surface area (Å²) in [5, 5.41) is 279. The smallest absolute Gasteiger partial charge is 0.332 e. The number of amides is 4. The van der Waals surface area contributed by atoms with Crippen LogP contribution in [0.5, 0.6) is 0 Å². The van der Waals surface area contributed by atoms with Gasteiger partial charge in [0.2, 0.25) is 23.6 Å². The second-order valence-corrected chi connectivity index (χ2v) is 30.1. The van der Waals surface area contributed by atoms with Crippen LogP contribution in [0.15, 0.2) is 0 Å². The van der Waals surface area contributed by atoms with Gasteiger partial charge in [0, 0.05) is 33.6 Å². The van der Waals surface area contributed by atoms with E-state index in [-0.39, 0.29) is 6.47 Å². The van der Waals surface area contributed by atoms with E-state index in [9.17, 15) is 147 Å². The lowest BCUT2D eigenvalue weighted by atomic mass is 9.87. The van der Waals surface area contributed by atoms with Crippen LogP contribution in [0.4, 0.5) is 0 Å². The summed E-state index contributed by atoms with van der Waals surface area (Å²) in [6, 6.07) is -6.87. The number of carbonyl (C=O) groups is 5. The van der Waals surface area contributed by atoms with Crippen LogP contribution < -0.4 is 21.3 Å². The van der Waals surface area contributed by atoms with E-state index in [2.05, 4.69) is 21.3 Å². The van der Waals surface area contributed by atoms with Crippen LogP contribution in [-0.4, -0.2) is 488 Å². The van der Waals surface area contributed by atoms with E-state index in [1.807, 2.05) is 0 Å². The highest BCUT2D eigenvalue weighted by Gasteiger charge is 2.62. The number of aliphatic hydroxyl groups is 24. The summed E-state index contributed by atoms with van der Waals surface area (Å²) in [6.07, 6.45) is -82.7. The van der Waals surface area contributed by atoms with Gasteiger partial charge in [-0.2, -0.15) is 0 Å². The van der Waals surface area contributed by atoms with Gasteiger partial charge in [0.05, 0.1) is 90.2 Å². The van der Waals surface area contributed by atoms with Crippen LogP contribution in [0, 0.1) is 5.92 Å². The minimum atomic E-state index is -2.87. The second kappa shape index (κ2) is 42.6. The molecule has 0 aromatic heterocycles. The molecule has 0 aromatic carbocycles. The molecule has 51 nitrogen and oxygen atoms in total. The van der Waals surface area contributed by atoms with E-state index in [0.717, 1.165) is 27.7 Å². The van der Waals surface area contributed by atoms with E-state index in [1.54, 1.807) is 0 Å². The summed E-state index contributed by atoms with van der Waals surface area (Å²) >= 11 is 0. The van der Waals surface area contributed by atoms with Gasteiger partial charge in [0.1, 0.15) is 201 Å². The van der Waals surface area contributed by atoms with Crippen molar-refractivity contribution < 1.29 is 232 Å². The van der Waals surface area contributed by atoms with Crippen molar-refractivity contribution in [2.45, 2.75) is 324 Å². The molecule has 0 saturated carbocycles. The molecule has 9 aliphatic heterocycles. The van der Waals surface area contributed by atoms with Crippen molar-refractivity contribution in [3.05, 3.63) is 0 Å². The average Bonchev–Trinajstić information content (AvgIpc) is 0.771. The van der Waals surface area contributed by atoms with Gasteiger partial charge >= 0.3 is 5.97 Å². The third-order valence-electron chi connectivity index (χ3n) is 21.9. The molecule has 9 heterocycles. The molecule has 9 fully saturated rings. The first-order valence-corrected chi connectivity index (χ1v) is 37.9. The van der Waals surface area contributed by atoms with E-state index in [4.69, 9.17) is 85.3 Å². The normalized spacial score (nSPS) is 47.5. The Hall–Kier alpha value is -4.29. The van der Waals surface area contributed by atoms with Gasteiger partial charge in [0.15, 0.2) is 44.0 Å². The van der Waals surface area contributed by atoms with Gasteiger partial charge in [0.25, 0.3) is 6.47 Å². The maximum atomic E-state index is 13.1. The summed E-state index contributed by atoms with van der Waals surface area (Å²) in [5.74, 6) is -7.36. The maximum Gasteiger partial charge on any atom is 0.332 e. The Morgan fingerprint density at radius 1 is 0.381 bits per heavy atom. The zero-order valence-electron chi connectivity index (χ0n) is 64.3. The molecule has 51 heteroatoms. The third kappa shape index (κ3) is 21.6. The number of hydrogen-bond acceptors (Lipinski definition) is 47. The van der Waals surface area contributed by atoms with Crippen molar-refractivity contribution in [3.8, 4) is 0 Å². The van der Waals surface area contributed by atoms with E-state index in [0.29, 0.717) is 0 Å². The quantitative estimate of drug-likeness (QED) is 0.0214. The molecule has 28 N–H and O–H groups in total. The van der Waals surface area contributed by atoms with Gasteiger partial charge in [-0.05, 0) is 6.92 Å². The van der Waals surface area contributed by atoms with Crippen molar-refractivity contribution in [1.29, 1.82) is 0 Å². The standard InChI is InChI=1S/C67H112N4O47/c1-18-24(85)7-67(102-17-80,117-52(18)38(87)25(86)8-72)118-57-42(91)29(12-76)105-64(51(57)100)113-55-32(15-79)109-62(37(47(55)96)71-23(6)84)115-58-48(97)40(89)27(10-74)106-65(58)101-16-33-43(92)56(114-66-59(49(98)41(90)28(11-75)107-66)116-60-35(69-21(4)82)44(93)39(88)26(9-73)104-60)50(99)63(110-33)112-54-31(14-78)108-61(36(46(54)95)70-22(5)83)111-53-30(13-77)103-19(2)34(45(53)94)68-20(3)81/h17-19,24-66,72-79,85-100H,7-16H2,1-6H3,(H,68,81)(H,69,82)(H,70,83)(H,71,84)/t18-,19+,24+,25+,26?,27?,28-,29?,30?,31?,32-,33?,34?,35?,36?,37?,38-,39+,40+,41+,42+,43+,44-,45-,46-,47?,48+,49?,50?,51?,52?,53+,54+,55-,56+,57+,58?,59?,60+,61+,62-,63+,64+,65-,66+,67+/m1/s1.